The van der Waals surface area contributed by atoms with E-state index < -0.39 is 0 Å². The van der Waals surface area contributed by atoms with E-state index >= 15 is 0 Å². The average Bonchev–Trinajstić information content (AvgIpc) is 2.56. The maximum Gasteiger partial charge on any atom is 0.305 e. The van der Waals surface area contributed by atoms with Crippen molar-refractivity contribution in [1.82, 2.24) is 0 Å². The van der Waals surface area contributed by atoms with Crippen LogP contribution >= 0.6 is 0 Å². The number of methoxy groups -OCH3 is 1. The van der Waals surface area contributed by atoms with Crippen molar-refractivity contribution >= 4 is 17.5 Å². The molecule has 4 heteroatoms. The van der Waals surface area contributed by atoms with E-state index in [0.717, 1.165) is 0 Å². The molecule has 0 unspecified atom stereocenters. The first-order valence-electron chi connectivity index (χ1n) is 8.25. The first kappa shape index (κ1) is 19.1. The highest BCUT2D eigenvalue weighted by molar-refractivity contribution is 5.92. The molecule has 4 nitrogen and oxygen atoms in total. The maximum absolute atomic E-state index is 11.8. The minimum absolute atomic E-state index is 0.0962. The lowest BCUT2D eigenvalue weighted by Crippen LogP contribution is -2.10. The molecule has 126 valence electrons. The van der Waals surface area contributed by atoms with Crippen LogP contribution in [0.2, 0.25) is 0 Å². The third-order valence-corrected chi connectivity index (χ3v) is 3.92. The number of hydrogen-bond donors (Lipinski definition) is 0. The zero-order valence-electron chi connectivity index (χ0n) is 13.8. The van der Waals surface area contributed by atoms with Gasteiger partial charge in [0.05, 0.1) is 13.5 Å². The summed E-state index contributed by atoms with van der Waals surface area (Å²) in [7, 11) is 1.30. The Hall–Kier alpha value is -1.97. The van der Waals surface area contributed by atoms with E-state index in [0.29, 0.717) is 12.3 Å². The predicted molar refractivity (Wildman–Crippen MR) is 89.9 cm³/mol. The number of ether oxygens (including phenoxy) is 1. The number of ketones is 2. The highest BCUT2D eigenvalue weighted by atomic mass is 16.5. The van der Waals surface area contributed by atoms with Gasteiger partial charge in [0.25, 0.3) is 0 Å². The molecule has 0 aromatic carbocycles. The molecule has 1 fully saturated rings. The van der Waals surface area contributed by atoms with Crippen LogP contribution in [0.15, 0.2) is 36.5 Å². The third-order valence-electron chi connectivity index (χ3n) is 3.92. The Balaban J connectivity index is 2.20. The molecule has 0 atom stereocenters. The second-order valence-electron chi connectivity index (χ2n) is 5.82. The monoisotopic (exact) mass is 318 g/mol. The fourth-order valence-electron chi connectivity index (χ4n) is 2.61. The average molecular weight is 318 g/mol. The summed E-state index contributed by atoms with van der Waals surface area (Å²) in [4.78, 5) is 34.1. The summed E-state index contributed by atoms with van der Waals surface area (Å²) < 4.78 is 4.46. The van der Waals surface area contributed by atoms with E-state index in [1.54, 1.807) is 30.4 Å². The van der Waals surface area contributed by atoms with Gasteiger partial charge >= 0.3 is 5.97 Å². The van der Waals surface area contributed by atoms with Gasteiger partial charge in [0.1, 0.15) is 0 Å². The second-order valence-corrected chi connectivity index (χ2v) is 5.82. The molecule has 0 radical (unpaired) electrons. The van der Waals surface area contributed by atoms with Crippen molar-refractivity contribution in [2.75, 3.05) is 7.11 Å². The molecule has 1 rings (SSSR count). The number of hydrogen-bond acceptors (Lipinski definition) is 4. The van der Waals surface area contributed by atoms with Crippen molar-refractivity contribution in [3.63, 3.8) is 0 Å². The van der Waals surface area contributed by atoms with Crippen LogP contribution in [0.1, 0.15) is 51.4 Å². The first-order valence-corrected chi connectivity index (χ1v) is 8.25. The Bertz CT molecular complexity index is 480. The van der Waals surface area contributed by atoms with Gasteiger partial charge in [-0.05, 0) is 18.1 Å². The Labute approximate surface area is 138 Å². The summed E-state index contributed by atoms with van der Waals surface area (Å²) in [5.41, 5.74) is 0. The van der Waals surface area contributed by atoms with Crippen molar-refractivity contribution < 1.29 is 19.1 Å². The van der Waals surface area contributed by atoms with Crippen LogP contribution in [0.5, 0.6) is 0 Å². The summed E-state index contributed by atoms with van der Waals surface area (Å²) in [5, 5.41) is 0. The third kappa shape index (κ3) is 9.61. The quantitative estimate of drug-likeness (QED) is 0.369. The number of rotatable bonds is 9. The van der Waals surface area contributed by atoms with Crippen molar-refractivity contribution in [3.8, 4) is 0 Å². The molecule has 0 aromatic rings. The Morgan fingerprint density at radius 2 is 1.48 bits per heavy atom. The lowest BCUT2D eigenvalue weighted by atomic mass is 9.86. The lowest BCUT2D eigenvalue weighted by molar-refractivity contribution is -0.141. The van der Waals surface area contributed by atoms with Gasteiger partial charge in [-0.3, -0.25) is 14.4 Å². The SMILES string of the molecule is COC(=O)CCC(=O)C=CC=CC=CC(=O)CC1CCCCC1. The van der Waals surface area contributed by atoms with Crippen LogP contribution < -0.4 is 0 Å². The highest BCUT2D eigenvalue weighted by Crippen LogP contribution is 2.26. The molecule has 23 heavy (non-hydrogen) atoms. The summed E-state index contributed by atoms with van der Waals surface area (Å²) in [6.45, 7) is 0. The molecule has 0 amide bonds. The molecular weight excluding hydrogens is 292 g/mol. The molecule has 1 aliphatic carbocycles. The molecule has 0 N–H and O–H groups in total. The summed E-state index contributed by atoms with van der Waals surface area (Å²) in [6.07, 6.45) is 16.8. The van der Waals surface area contributed by atoms with E-state index in [1.165, 1.54) is 45.3 Å². The van der Waals surface area contributed by atoms with Crippen molar-refractivity contribution in [2.45, 2.75) is 51.4 Å². The molecule has 0 aromatic heterocycles. The largest absolute Gasteiger partial charge is 0.469 e. The molecular formula is C19H26O4. The molecule has 0 saturated heterocycles. The molecule has 1 saturated carbocycles. The summed E-state index contributed by atoms with van der Waals surface area (Å²) in [5.74, 6) is 0.205. The minimum atomic E-state index is -0.387. The van der Waals surface area contributed by atoms with Crippen molar-refractivity contribution in [2.24, 2.45) is 5.92 Å². The Morgan fingerprint density at radius 1 is 0.870 bits per heavy atom. The standard InChI is InChI=1S/C19H26O4/c1-23-19(22)14-13-17(20)11-7-2-3-8-12-18(21)15-16-9-5-4-6-10-16/h2-3,7-8,11-12,16H,4-6,9-10,13-15H2,1H3. The van der Waals surface area contributed by atoms with Gasteiger partial charge in [-0.25, -0.2) is 0 Å². The molecule has 0 aliphatic heterocycles. The van der Waals surface area contributed by atoms with Crippen molar-refractivity contribution in [1.29, 1.82) is 0 Å². The van der Waals surface area contributed by atoms with E-state index in [1.807, 2.05) is 0 Å². The van der Waals surface area contributed by atoms with Crippen LogP contribution in [-0.2, 0) is 19.1 Å². The van der Waals surface area contributed by atoms with Crippen molar-refractivity contribution in [3.05, 3.63) is 36.5 Å². The van der Waals surface area contributed by atoms with Gasteiger partial charge < -0.3 is 4.74 Å². The molecule has 0 spiro atoms. The zero-order chi connectivity index (χ0) is 16.9. The maximum atomic E-state index is 11.8. The van der Waals surface area contributed by atoms with Gasteiger partial charge in [-0.2, -0.15) is 0 Å². The van der Waals surface area contributed by atoms with E-state index in [9.17, 15) is 14.4 Å². The van der Waals surface area contributed by atoms with Gasteiger partial charge in [-0.1, -0.05) is 56.4 Å². The minimum Gasteiger partial charge on any atom is -0.469 e. The zero-order valence-corrected chi connectivity index (χ0v) is 13.8. The van der Waals surface area contributed by atoms with Gasteiger partial charge in [-0.15, -0.1) is 0 Å². The number of esters is 1. The van der Waals surface area contributed by atoms with Crippen LogP contribution in [0.4, 0.5) is 0 Å². The number of carbonyl (C=O) groups excluding carboxylic acids is 3. The normalized spacial score (nSPS) is 16.4. The smallest absolute Gasteiger partial charge is 0.305 e. The van der Waals surface area contributed by atoms with E-state index in [2.05, 4.69) is 4.74 Å². The topological polar surface area (TPSA) is 60.4 Å². The van der Waals surface area contributed by atoms with Crippen LogP contribution in [0.25, 0.3) is 0 Å². The number of allylic oxidation sites excluding steroid dienone is 6. The van der Waals surface area contributed by atoms with Gasteiger partial charge in [0, 0.05) is 12.8 Å². The fourth-order valence-corrected chi connectivity index (χ4v) is 2.61. The van der Waals surface area contributed by atoms with Crippen LogP contribution in [0.3, 0.4) is 0 Å². The summed E-state index contributed by atoms with van der Waals surface area (Å²) in [6, 6.07) is 0. The molecule has 0 bridgehead atoms. The predicted octanol–water partition coefficient (Wildman–Crippen LogP) is 3.72. The second kappa shape index (κ2) is 11.6. The van der Waals surface area contributed by atoms with Gasteiger partial charge in [0.2, 0.25) is 0 Å². The van der Waals surface area contributed by atoms with Gasteiger partial charge in [0.15, 0.2) is 11.6 Å². The van der Waals surface area contributed by atoms with Crippen LogP contribution in [-0.4, -0.2) is 24.6 Å². The first-order chi connectivity index (χ1) is 11.1. The van der Waals surface area contributed by atoms with E-state index in [4.69, 9.17) is 0 Å². The highest BCUT2D eigenvalue weighted by Gasteiger charge is 2.15. The number of carbonyl (C=O) groups is 3. The molecule has 0 heterocycles. The fraction of sp³-hybridized carbons (Fsp3) is 0.526. The Morgan fingerprint density at radius 3 is 2.09 bits per heavy atom. The van der Waals surface area contributed by atoms with E-state index in [-0.39, 0.29) is 30.4 Å². The summed E-state index contributed by atoms with van der Waals surface area (Å²) >= 11 is 0. The molecule has 1 aliphatic rings. The Kier molecular flexibility index (Phi) is 9.60. The van der Waals surface area contributed by atoms with Crippen LogP contribution in [0, 0.1) is 5.92 Å². The lowest BCUT2D eigenvalue weighted by Gasteiger charge is -2.19.